The van der Waals surface area contributed by atoms with Crippen LogP contribution in [0.4, 0.5) is 0 Å². The number of nitrogens with zero attached hydrogens (tertiary/aromatic N) is 1. The highest BCUT2D eigenvalue weighted by molar-refractivity contribution is 9.10. The van der Waals surface area contributed by atoms with Crippen LogP contribution >= 0.6 is 15.9 Å². The van der Waals surface area contributed by atoms with Gasteiger partial charge in [-0.3, -0.25) is 10.1 Å². The van der Waals surface area contributed by atoms with E-state index in [1.54, 1.807) is 0 Å². The van der Waals surface area contributed by atoms with E-state index >= 15 is 0 Å². The van der Waals surface area contributed by atoms with Crippen molar-refractivity contribution in [2.24, 2.45) is 0 Å². The van der Waals surface area contributed by atoms with E-state index in [2.05, 4.69) is 21.2 Å². The first kappa shape index (κ1) is 13.6. The highest BCUT2D eigenvalue weighted by atomic mass is 79.9. The summed E-state index contributed by atoms with van der Waals surface area (Å²) in [6, 6.07) is 3.50. The van der Waals surface area contributed by atoms with Crippen molar-refractivity contribution in [1.82, 2.24) is 10.2 Å². The lowest BCUT2D eigenvalue weighted by Crippen LogP contribution is -2.49. The molecule has 6 heteroatoms. The molecule has 1 saturated heterocycles. The van der Waals surface area contributed by atoms with Crippen molar-refractivity contribution in [2.45, 2.75) is 19.5 Å². The molecule has 1 unspecified atom stereocenters. The van der Waals surface area contributed by atoms with Crippen LogP contribution < -0.4 is 5.32 Å². The largest absolute Gasteiger partial charge is 0.453 e. The molecular formula is C12H17BrN2O3. The fourth-order valence-corrected chi connectivity index (χ4v) is 2.19. The van der Waals surface area contributed by atoms with Gasteiger partial charge in [0.15, 0.2) is 4.67 Å². The molecule has 5 nitrogen and oxygen atoms in total. The van der Waals surface area contributed by atoms with Gasteiger partial charge < -0.3 is 14.1 Å². The Hall–Kier alpha value is -0.850. The van der Waals surface area contributed by atoms with Crippen LogP contribution in [0.1, 0.15) is 12.7 Å². The molecule has 2 rings (SSSR count). The van der Waals surface area contributed by atoms with Crippen molar-refractivity contribution in [2.75, 3.05) is 26.3 Å². The fourth-order valence-electron chi connectivity index (χ4n) is 1.85. The smallest absolute Gasteiger partial charge is 0.239 e. The molecular weight excluding hydrogens is 300 g/mol. The normalized spacial score (nSPS) is 17.8. The van der Waals surface area contributed by atoms with E-state index in [4.69, 9.17) is 9.15 Å². The van der Waals surface area contributed by atoms with Gasteiger partial charge >= 0.3 is 0 Å². The third kappa shape index (κ3) is 3.57. The van der Waals surface area contributed by atoms with Crippen LogP contribution in [0.2, 0.25) is 0 Å². The number of carbonyl (C=O) groups excluding carboxylic acids is 1. The first-order chi connectivity index (χ1) is 8.66. The SMILES string of the molecule is CC(NCc1ccc(Br)o1)C(=O)N1CCOCC1. The minimum Gasteiger partial charge on any atom is -0.453 e. The van der Waals surface area contributed by atoms with Gasteiger partial charge in [0, 0.05) is 13.1 Å². The van der Waals surface area contributed by atoms with Gasteiger partial charge in [-0.1, -0.05) is 0 Å². The summed E-state index contributed by atoms with van der Waals surface area (Å²) in [5.41, 5.74) is 0. The number of halogens is 1. The van der Waals surface area contributed by atoms with Crippen molar-refractivity contribution >= 4 is 21.8 Å². The van der Waals surface area contributed by atoms with Crippen LogP contribution in [0.25, 0.3) is 0 Å². The van der Waals surface area contributed by atoms with Crippen molar-refractivity contribution in [3.05, 3.63) is 22.6 Å². The summed E-state index contributed by atoms with van der Waals surface area (Å²) in [5.74, 6) is 0.924. The number of carbonyl (C=O) groups is 1. The van der Waals surface area contributed by atoms with Crippen molar-refractivity contribution < 1.29 is 13.9 Å². The van der Waals surface area contributed by atoms with Crippen molar-refractivity contribution in [1.29, 1.82) is 0 Å². The Balaban J connectivity index is 1.79. The summed E-state index contributed by atoms with van der Waals surface area (Å²) in [6.45, 7) is 5.03. The molecule has 1 aromatic rings. The van der Waals surface area contributed by atoms with E-state index in [0.717, 1.165) is 5.76 Å². The first-order valence-corrected chi connectivity index (χ1v) is 6.80. The van der Waals surface area contributed by atoms with E-state index < -0.39 is 0 Å². The second-order valence-electron chi connectivity index (χ2n) is 4.25. The topological polar surface area (TPSA) is 54.7 Å². The Morgan fingerprint density at radius 2 is 2.22 bits per heavy atom. The van der Waals surface area contributed by atoms with E-state index in [9.17, 15) is 4.79 Å². The maximum atomic E-state index is 12.1. The lowest BCUT2D eigenvalue weighted by atomic mass is 10.2. The van der Waals surface area contributed by atoms with Gasteiger partial charge in [0.1, 0.15) is 5.76 Å². The number of ether oxygens (including phenoxy) is 1. The van der Waals surface area contributed by atoms with Crippen LogP contribution in [0, 0.1) is 0 Å². The second-order valence-corrected chi connectivity index (χ2v) is 5.03. The van der Waals surface area contributed by atoms with Crippen molar-refractivity contribution in [3.8, 4) is 0 Å². The lowest BCUT2D eigenvalue weighted by Gasteiger charge is -2.29. The molecule has 1 aromatic heterocycles. The summed E-state index contributed by atoms with van der Waals surface area (Å²) in [6.07, 6.45) is 0. The maximum Gasteiger partial charge on any atom is 0.239 e. The molecule has 0 bridgehead atoms. The number of hydrogen-bond donors (Lipinski definition) is 1. The third-order valence-corrected chi connectivity index (χ3v) is 3.33. The second kappa shape index (κ2) is 6.36. The van der Waals surface area contributed by atoms with Gasteiger partial charge in [-0.15, -0.1) is 0 Å². The molecule has 1 aliphatic rings. The summed E-state index contributed by atoms with van der Waals surface area (Å²) in [5, 5.41) is 3.16. The first-order valence-electron chi connectivity index (χ1n) is 6.01. The number of amides is 1. The monoisotopic (exact) mass is 316 g/mol. The van der Waals surface area contributed by atoms with Gasteiger partial charge in [0.05, 0.1) is 25.8 Å². The molecule has 0 radical (unpaired) electrons. The van der Waals surface area contributed by atoms with Crippen LogP contribution in [-0.4, -0.2) is 43.2 Å². The molecule has 0 aliphatic carbocycles. The number of nitrogens with one attached hydrogen (secondary N) is 1. The van der Waals surface area contributed by atoms with Gasteiger partial charge in [-0.05, 0) is 35.0 Å². The summed E-state index contributed by atoms with van der Waals surface area (Å²) in [4.78, 5) is 13.9. The Bertz CT molecular complexity index is 402. The summed E-state index contributed by atoms with van der Waals surface area (Å²) >= 11 is 3.25. The molecule has 18 heavy (non-hydrogen) atoms. The molecule has 1 aliphatic heterocycles. The average Bonchev–Trinajstić information content (AvgIpc) is 2.82. The molecule has 1 fully saturated rings. The lowest BCUT2D eigenvalue weighted by molar-refractivity contribution is -0.137. The number of hydrogen-bond acceptors (Lipinski definition) is 4. The molecule has 1 atom stereocenters. The predicted octanol–water partition coefficient (Wildman–Crippen LogP) is 1.38. The average molecular weight is 317 g/mol. The molecule has 1 N–H and O–H groups in total. The van der Waals surface area contributed by atoms with Crippen LogP contribution in [0.3, 0.4) is 0 Å². The van der Waals surface area contributed by atoms with E-state index in [1.807, 2.05) is 24.0 Å². The zero-order valence-electron chi connectivity index (χ0n) is 10.3. The fraction of sp³-hybridized carbons (Fsp3) is 0.583. The molecule has 2 heterocycles. The number of rotatable bonds is 4. The van der Waals surface area contributed by atoms with Gasteiger partial charge in [-0.25, -0.2) is 0 Å². The predicted molar refractivity (Wildman–Crippen MR) is 70.1 cm³/mol. The highest BCUT2D eigenvalue weighted by Gasteiger charge is 2.22. The van der Waals surface area contributed by atoms with Crippen molar-refractivity contribution in [3.63, 3.8) is 0 Å². The zero-order chi connectivity index (χ0) is 13.0. The summed E-state index contributed by atoms with van der Waals surface area (Å²) in [7, 11) is 0. The van der Waals surface area contributed by atoms with Gasteiger partial charge in [-0.2, -0.15) is 0 Å². The molecule has 0 saturated carbocycles. The third-order valence-electron chi connectivity index (χ3n) is 2.90. The Labute approximate surface area is 115 Å². The van der Waals surface area contributed by atoms with Crippen LogP contribution in [0.15, 0.2) is 21.2 Å². The number of morpholine rings is 1. The Morgan fingerprint density at radius 3 is 2.83 bits per heavy atom. The van der Waals surface area contributed by atoms with Crippen LogP contribution in [0.5, 0.6) is 0 Å². The van der Waals surface area contributed by atoms with Crippen LogP contribution in [-0.2, 0) is 16.1 Å². The van der Waals surface area contributed by atoms with E-state index in [0.29, 0.717) is 37.5 Å². The molecule has 1 amide bonds. The Kier molecular flexibility index (Phi) is 4.79. The molecule has 100 valence electrons. The number of furan rings is 1. The molecule has 0 aromatic carbocycles. The maximum absolute atomic E-state index is 12.1. The minimum atomic E-state index is -0.216. The summed E-state index contributed by atoms with van der Waals surface area (Å²) < 4.78 is 11.3. The Morgan fingerprint density at radius 1 is 1.50 bits per heavy atom. The minimum absolute atomic E-state index is 0.115. The highest BCUT2D eigenvalue weighted by Crippen LogP contribution is 2.13. The zero-order valence-corrected chi connectivity index (χ0v) is 11.9. The van der Waals surface area contributed by atoms with E-state index in [1.165, 1.54) is 0 Å². The molecule has 0 spiro atoms. The van der Waals surface area contributed by atoms with E-state index in [-0.39, 0.29) is 11.9 Å². The van der Waals surface area contributed by atoms with Gasteiger partial charge in [0.25, 0.3) is 0 Å². The quantitative estimate of drug-likeness (QED) is 0.911. The van der Waals surface area contributed by atoms with Gasteiger partial charge in [0.2, 0.25) is 5.91 Å². The standard InChI is InChI=1S/C12H17BrN2O3/c1-9(12(16)15-4-6-17-7-5-15)14-8-10-2-3-11(13)18-10/h2-3,9,14H,4-8H2,1H3.